The number of anilines is 3. The first-order valence-corrected chi connectivity index (χ1v) is 8.79. The molecule has 27 heavy (non-hydrogen) atoms. The Morgan fingerprint density at radius 3 is 2.44 bits per heavy atom. The summed E-state index contributed by atoms with van der Waals surface area (Å²) in [5, 5.41) is 11.5. The van der Waals surface area contributed by atoms with E-state index in [1.54, 1.807) is 0 Å². The van der Waals surface area contributed by atoms with Crippen LogP contribution in [0, 0.1) is 6.92 Å². The summed E-state index contributed by atoms with van der Waals surface area (Å²) in [5.41, 5.74) is 6.33. The number of aryl methyl sites for hydroxylation is 1. The molecule has 1 aliphatic rings. The molecule has 0 amide bonds. The van der Waals surface area contributed by atoms with Crippen molar-refractivity contribution in [1.82, 2.24) is 5.16 Å². The van der Waals surface area contributed by atoms with Crippen molar-refractivity contribution in [3.05, 3.63) is 71.3 Å². The van der Waals surface area contributed by atoms with E-state index in [0.29, 0.717) is 22.4 Å². The molecule has 1 heterocycles. The maximum Gasteiger partial charge on any atom is 0.196 e. The number of benzene rings is 3. The van der Waals surface area contributed by atoms with Crippen LogP contribution in [0.4, 0.5) is 17.1 Å². The van der Waals surface area contributed by atoms with Gasteiger partial charge in [0.1, 0.15) is 5.52 Å². The van der Waals surface area contributed by atoms with Gasteiger partial charge in [-0.1, -0.05) is 47.1 Å². The molecular weight excluding hydrogens is 338 g/mol. The fourth-order valence-electron chi connectivity index (χ4n) is 3.64. The molecule has 0 saturated heterocycles. The van der Waals surface area contributed by atoms with E-state index in [1.165, 1.54) is 5.56 Å². The first-order valence-electron chi connectivity index (χ1n) is 8.79. The van der Waals surface area contributed by atoms with Crippen molar-refractivity contribution in [1.29, 1.82) is 0 Å². The largest absolute Gasteiger partial charge is 0.386 e. The smallest absolute Gasteiger partial charge is 0.196 e. The zero-order valence-electron chi connectivity index (χ0n) is 15.0. The van der Waals surface area contributed by atoms with Gasteiger partial charge < -0.3 is 15.2 Å². The highest BCUT2D eigenvalue weighted by molar-refractivity contribution is 6.28. The molecule has 4 aromatic rings. The molecule has 1 aromatic heterocycles. The van der Waals surface area contributed by atoms with E-state index in [1.807, 2.05) is 68.6 Å². The first kappa shape index (κ1) is 15.6. The van der Waals surface area contributed by atoms with Crippen molar-refractivity contribution >= 4 is 33.7 Å². The Labute approximate surface area is 156 Å². The number of carbonyl (C=O) groups is 1. The van der Waals surface area contributed by atoms with Crippen molar-refractivity contribution in [2.75, 3.05) is 17.7 Å². The van der Waals surface area contributed by atoms with Gasteiger partial charge >= 0.3 is 0 Å². The first-order chi connectivity index (χ1) is 13.2. The summed E-state index contributed by atoms with van der Waals surface area (Å²) in [7, 11) is 1.83. The number of rotatable bonds is 3. The third-order valence-corrected chi connectivity index (χ3v) is 5.00. The van der Waals surface area contributed by atoms with Crippen LogP contribution in [0.3, 0.4) is 0 Å². The molecule has 3 aromatic carbocycles. The number of nitrogens with zero attached hydrogens (tertiary/aromatic N) is 1. The Kier molecular flexibility index (Phi) is 3.31. The summed E-state index contributed by atoms with van der Waals surface area (Å²) in [6.07, 6.45) is 0. The number of aromatic nitrogens is 1. The quantitative estimate of drug-likeness (QED) is 0.469. The van der Waals surface area contributed by atoms with Crippen LogP contribution < -0.4 is 10.6 Å². The predicted molar refractivity (Wildman–Crippen MR) is 107 cm³/mol. The molecule has 0 spiro atoms. The number of fused-ring (bicyclic) bond motifs is 2. The molecule has 0 bridgehead atoms. The lowest BCUT2D eigenvalue weighted by Gasteiger charge is -2.19. The second kappa shape index (κ2) is 5.71. The predicted octanol–water partition coefficient (Wildman–Crippen LogP) is 5.13. The zero-order valence-corrected chi connectivity index (χ0v) is 15.0. The van der Waals surface area contributed by atoms with E-state index in [2.05, 4.69) is 15.8 Å². The van der Waals surface area contributed by atoms with Gasteiger partial charge in [-0.15, -0.1) is 0 Å². The van der Waals surface area contributed by atoms with Crippen molar-refractivity contribution < 1.29 is 9.32 Å². The lowest BCUT2D eigenvalue weighted by atomic mass is 9.86. The summed E-state index contributed by atoms with van der Waals surface area (Å²) in [4.78, 5) is 13.3. The average Bonchev–Trinajstić information content (AvgIpc) is 3.13. The van der Waals surface area contributed by atoms with Crippen molar-refractivity contribution in [3.8, 4) is 11.3 Å². The van der Waals surface area contributed by atoms with Crippen LogP contribution in [-0.2, 0) is 0 Å². The standard InChI is InChI=1S/C22H17N3O2/c1-12-7-9-13(10-8-12)24-16-11-17(23-2)20-19-18(16)21(26)14-5-3-4-6-15(14)22(19)27-25-20/h3-11,23-24H,1-2H3. The van der Waals surface area contributed by atoms with E-state index >= 15 is 0 Å². The van der Waals surface area contributed by atoms with Crippen LogP contribution in [0.2, 0.25) is 0 Å². The van der Waals surface area contributed by atoms with E-state index in [0.717, 1.165) is 28.0 Å². The Bertz CT molecular complexity index is 1210. The van der Waals surface area contributed by atoms with Gasteiger partial charge in [-0.05, 0) is 25.1 Å². The van der Waals surface area contributed by atoms with Crippen LogP contribution in [0.1, 0.15) is 21.5 Å². The second-order valence-corrected chi connectivity index (χ2v) is 6.70. The minimum atomic E-state index is -0.0245. The van der Waals surface area contributed by atoms with Crippen LogP contribution >= 0.6 is 0 Å². The maximum absolute atomic E-state index is 13.3. The number of hydrogen-bond acceptors (Lipinski definition) is 5. The normalized spacial score (nSPS) is 12.1. The van der Waals surface area contributed by atoms with E-state index < -0.39 is 0 Å². The highest BCUT2D eigenvalue weighted by Gasteiger charge is 2.32. The summed E-state index contributed by atoms with van der Waals surface area (Å²) < 4.78 is 5.66. The Balaban J connectivity index is 1.80. The fourth-order valence-corrected chi connectivity index (χ4v) is 3.64. The second-order valence-electron chi connectivity index (χ2n) is 6.70. The summed E-state index contributed by atoms with van der Waals surface area (Å²) in [5.74, 6) is 0.614. The number of nitrogens with one attached hydrogen (secondary N) is 2. The molecule has 2 N–H and O–H groups in total. The number of hydrogen-bond donors (Lipinski definition) is 2. The molecule has 5 heteroatoms. The molecule has 0 saturated carbocycles. The Morgan fingerprint density at radius 2 is 1.70 bits per heavy atom. The van der Waals surface area contributed by atoms with Crippen molar-refractivity contribution in [3.63, 3.8) is 0 Å². The van der Waals surface area contributed by atoms with E-state index in [9.17, 15) is 4.79 Å². The van der Waals surface area contributed by atoms with Crippen LogP contribution in [0.5, 0.6) is 0 Å². The van der Waals surface area contributed by atoms with Gasteiger partial charge in [0, 0.05) is 23.9 Å². The minimum Gasteiger partial charge on any atom is -0.386 e. The summed E-state index contributed by atoms with van der Waals surface area (Å²) >= 11 is 0. The Hall–Kier alpha value is -3.60. The maximum atomic E-state index is 13.3. The monoisotopic (exact) mass is 355 g/mol. The van der Waals surface area contributed by atoms with Crippen LogP contribution in [-0.4, -0.2) is 18.0 Å². The molecule has 1 aliphatic carbocycles. The highest BCUT2D eigenvalue weighted by Crippen LogP contribution is 2.45. The molecule has 0 radical (unpaired) electrons. The lowest BCUT2D eigenvalue weighted by molar-refractivity contribution is 0.104. The highest BCUT2D eigenvalue weighted by atomic mass is 16.5. The van der Waals surface area contributed by atoms with Gasteiger partial charge in [-0.25, -0.2) is 0 Å². The fraction of sp³-hybridized carbons (Fsp3) is 0.0909. The molecule has 132 valence electrons. The zero-order chi connectivity index (χ0) is 18.5. The molecule has 0 fully saturated rings. The molecule has 0 unspecified atom stereocenters. The Morgan fingerprint density at radius 1 is 0.963 bits per heavy atom. The topological polar surface area (TPSA) is 67.2 Å². The molecule has 0 aliphatic heterocycles. The number of carbonyl (C=O) groups excluding carboxylic acids is 1. The van der Waals surface area contributed by atoms with Gasteiger partial charge in [0.05, 0.1) is 22.3 Å². The van der Waals surface area contributed by atoms with Gasteiger partial charge in [-0.3, -0.25) is 4.79 Å². The van der Waals surface area contributed by atoms with Gasteiger partial charge in [0.15, 0.2) is 11.5 Å². The lowest BCUT2D eigenvalue weighted by Crippen LogP contribution is -2.12. The minimum absolute atomic E-state index is 0.0245. The number of ketones is 1. The molecular formula is C22H17N3O2. The van der Waals surface area contributed by atoms with Crippen molar-refractivity contribution in [2.24, 2.45) is 0 Å². The van der Waals surface area contributed by atoms with Crippen molar-refractivity contribution in [2.45, 2.75) is 6.92 Å². The van der Waals surface area contributed by atoms with Gasteiger partial charge in [0.25, 0.3) is 0 Å². The SMILES string of the molecule is CNc1cc(Nc2ccc(C)cc2)c2c3c(onc13)-c1ccccc1C2=O. The third-order valence-electron chi connectivity index (χ3n) is 5.00. The summed E-state index contributed by atoms with van der Waals surface area (Å²) in [6, 6.07) is 17.5. The van der Waals surface area contributed by atoms with E-state index in [4.69, 9.17) is 4.52 Å². The molecule has 0 atom stereocenters. The van der Waals surface area contributed by atoms with Gasteiger partial charge in [-0.2, -0.15) is 0 Å². The van der Waals surface area contributed by atoms with E-state index in [-0.39, 0.29) is 5.78 Å². The summed E-state index contributed by atoms with van der Waals surface area (Å²) in [6.45, 7) is 2.04. The molecule has 5 rings (SSSR count). The average molecular weight is 355 g/mol. The van der Waals surface area contributed by atoms with Crippen LogP contribution in [0.25, 0.3) is 22.2 Å². The third kappa shape index (κ3) is 2.25. The van der Waals surface area contributed by atoms with Gasteiger partial charge in [0.2, 0.25) is 0 Å². The van der Waals surface area contributed by atoms with Crippen LogP contribution in [0.15, 0.2) is 59.1 Å². The molecule has 5 nitrogen and oxygen atoms in total.